The lowest BCUT2D eigenvalue weighted by atomic mass is 9.81. The number of esters is 1. The van der Waals surface area contributed by atoms with Crippen LogP contribution in [0.25, 0.3) is 0 Å². The summed E-state index contributed by atoms with van der Waals surface area (Å²) in [4.78, 5) is 14.0. The second kappa shape index (κ2) is 6.02. The van der Waals surface area contributed by atoms with Gasteiger partial charge in [0.15, 0.2) is 0 Å². The molecule has 0 bridgehead atoms. The summed E-state index contributed by atoms with van der Waals surface area (Å²) in [5.41, 5.74) is 0. The maximum Gasteiger partial charge on any atom is 0.323 e. The molecule has 0 amide bonds. The third kappa shape index (κ3) is 2.69. The van der Waals surface area contributed by atoms with Gasteiger partial charge in [-0.05, 0) is 18.8 Å². The monoisotopic (exact) mass is 255 g/mol. The first kappa shape index (κ1) is 13.8. The number of carbonyl (C=O) groups is 1. The van der Waals surface area contributed by atoms with E-state index < -0.39 is 0 Å². The Morgan fingerprint density at radius 2 is 2.11 bits per heavy atom. The van der Waals surface area contributed by atoms with Crippen molar-refractivity contribution in [3.63, 3.8) is 0 Å². The molecule has 1 N–H and O–H groups in total. The van der Waals surface area contributed by atoms with Crippen molar-refractivity contribution in [3.05, 3.63) is 0 Å². The van der Waals surface area contributed by atoms with Crippen LogP contribution in [0.4, 0.5) is 0 Å². The SMILES string of the molecule is CCC1CCCCC1N1CC(O)CC1C(=O)OC. The van der Waals surface area contributed by atoms with Crippen LogP contribution in [0.1, 0.15) is 45.4 Å². The molecule has 2 aliphatic rings. The van der Waals surface area contributed by atoms with Gasteiger partial charge in [-0.3, -0.25) is 9.69 Å². The Bertz CT molecular complexity index is 295. The highest BCUT2D eigenvalue weighted by Crippen LogP contribution is 2.35. The zero-order valence-electron chi connectivity index (χ0n) is 11.5. The van der Waals surface area contributed by atoms with Gasteiger partial charge in [-0.2, -0.15) is 0 Å². The Morgan fingerprint density at radius 3 is 2.78 bits per heavy atom. The summed E-state index contributed by atoms with van der Waals surface area (Å²) in [5, 5.41) is 9.85. The van der Waals surface area contributed by atoms with E-state index in [1.165, 1.54) is 26.4 Å². The van der Waals surface area contributed by atoms with Crippen LogP contribution >= 0.6 is 0 Å². The van der Waals surface area contributed by atoms with Crippen molar-refractivity contribution in [3.8, 4) is 0 Å². The Balaban J connectivity index is 2.10. The topological polar surface area (TPSA) is 49.8 Å². The van der Waals surface area contributed by atoms with Gasteiger partial charge >= 0.3 is 5.97 Å². The molecule has 0 aromatic heterocycles. The summed E-state index contributed by atoms with van der Waals surface area (Å²) in [6, 6.07) is 0.215. The molecule has 1 saturated carbocycles. The first-order valence-corrected chi connectivity index (χ1v) is 7.19. The molecule has 4 atom stereocenters. The summed E-state index contributed by atoms with van der Waals surface area (Å²) in [6.45, 7) is 2.85. The summed E-state index contributed by atoms with van der Waals surface area (Å²) >= 11 is 0. The zero-order chi connectivity index (χ0) is 13.1. The van der Waals surface area contributed by atoms with Crippen molar-refractivity contribution in [2.75, 3.05) is 13.7 Å². The van der Waals surface area contributed by atoms with Gasteiger partial charge in [0.05, 0.1) is 13.2 Å². The highest BCUT2D eigenvalue weighted by atomic mass is 16.5. The molecule has 1 aliphatic carbocycles. The number of carbonyl (C=O) groups excluding carboxylic acids is 1. The van der Waals surface area contributed by atoms with Gasteiger partial charge in [0.2, 0.25) is 0 Å². The summed E-state index contributed by atoms with van der Waals surface area (Å²) in [5.74, 6) is 0.475. The maximum absolute atomic E-state index is 11.8. The second-order valence-corrected chi connectivity index (χ2v) is 5.65. The molecule has 0 aromatic rings. The third-order valence-electron chi connectivity index (χ3n) is 4.61. The van der Waals surface area contributed by atoms with E-state index in [2.05, 4.69) is 11.8 Å². The molecule has 2 rings (SSSR count). The van der Waals surface area contributed by atoms with Crippen LogP contribution in [-0.2, 0) is 9.53 Å². The average molecular weight is 255 g/mol. The van der Waals surface area contributed by atoms with Gasteiger partial charge in [-0.15, -0.1) is 0 Å². The molecule has 0 radical (unpaired) electrons. The Labute approximate surface area is 109 Å². The molecule has 1 saturated heterocycles. The molecule has 2 fully saturated rings. The van der Waals surface area contributed by atoms with Gasteiger partial charge in [-0.25, -0.2) is 0 Å². The molecule has 18 heavy (non-hydrogen) atoms. The number of methoxy groups -OCH3 is 1. The van der Waals surface area contributed by atoms with Crippen molar-refractivity contribution in [2.24, 2.45) is 5.92 Å². The van der Waals surface area contributed by atoms with E-state index in [-0.39, 0.29) is 18.1 Å². The van der Waals surface area contributed by atoms with E-state index in [9.17, 15) is 9.90 Å². The minimum atomic E-state index is -0.381. The molecule has 4 unspecified atom stereocenters. The number of likely N-dealkylation sites (tertiary alicyclic amines) is 1. The molecule has 4 nitrogen and oxygen atoms in total. The fourth-order valence-electron chi connectivity index (χ4n) is 3.67. The van der Waals surface area contributed by atoms with Gasteiger partial charge in [0.25, 0.3) is 0 Å². The number of aliphatic hydroxyl groups excluding tert-OH is 1. The van der Waals surface area contributed by atoms with Crippen molar-refractivity contribution in [1.29, 1.82) is 0 Å². The number of β-amino-alcohol motifs (C(OH)–C–C–N with tert-alkyl or cyclic N) is 1. The number of aliphatic hydroxyl groups is 1. The van der Waals surface area contributed by atoms with E-state index in [1.807, 2.05) is 0 Å². The lowest BCUT2D eigenvalue weighted by molar-refractivity contribution is -0.147. The first-order chi connectivity index (χ1) is 8.67. The minimum absolute atomic E-state index is 0.188. The molecule has 104 valence electrons. The van der Waals surface area contributed by atoms with Crippen LogP contribution in [0.3, 0.4) is 0 Å². The fraction of sp³-hybridized carbons (Fsp3) is 0.929. The van der Waals surface area contributed by atoms with E-state index in [4.69, 9.17) is 4.74 Å². The van der Waals surface area contributed by atoms with Gasteiger partial charge in [0, 0.05) is 19.0 Å². The maximum atomic E-state index is 11.8. The van der Waals surface area contributed by atoms with Crippen LogP contribution < -0.4 is 0 Å². The van der Waals surface area contributed by atoms with Gasteiger partial charge in [0.1, 0.15) is 6.04 Å². The standard InChI is InChI=1S/C14H25NO3/c1-3-10-6-4-5-7-12(10)15-9-11(16)8-13(15)14(17)18-2/h10-13,16H,3-9H2,1-2H3. The summed E-state index contributed by atoms with van der Waals surface area (Å²) in [6.07, 6.45) is 6.25. The number of ether oxygens (including phenoxy) is 1. The van der Waals surface area contributed by atoms with Crippen molar-refractivity contribution in [2.45, 2.75) is 63.6 Å². The lowest BCUT2D eigenvalue weighted by Gasteiger charge is -2.39. The van der Waals surface area contributed by atoms with Crippen LogP contribution in [0.5, 0.6) is 0 Å². The largest absolute Gasteiger partial charge is 0.468 e. The summed E-state index contributed by atoms with van der Waals surface area (Å²) in [7, 11) is 1.43. The smallest absolute Gasteiger partial charge is 0.323 e. The second-order valence-electron chi connectivity index (χ2n) is 5.65. The van der Waals surface area contributed by atoms with E-state index in [0.29, 0.717) is 24.9 Å². The van der Waals surface area contributed by atoms with E-state index in [1.54, 1.807) is 0 Å². The number of rotatable bonds is 3. The fourth-order valence-corrected chi connectivity index (χ4v) is 3.67. The molecule has 4 heteroatoms. The van der Waals surface area contributed by atoms with Crippen LogP contribution in [0, 0.1) is 5.92 Å². The number of hydrogen-bond donors (Lipinski definition) is 1. The highest BCUT2D eigenvalue weighted by Gasteiger charge is 2.42. The third-order valence-corrected chi connectivity index (χ3v) is 4.61. The van der Waals surface area contributed by atoms with Crippen LogP contribution in [0.15, 0.2) is 0 Å². The normalized spacial score (nSPS) is 37.7. The van der Waals surface area contributed by atoms with Crippen molar-refractivity contribution in [1.82, 2.24) is 4.90 Å². The summed E-state index contributed by atoms with van der Waals surface area (Å²) < 4.78 is 4.88. The van der Waals surface area contributed by atoms with E-state index in [0.717, 1.165) is 12.8 Å². The highest BCUT2D eigenvalue weighted by molar-refractivity contribution is 5.76. The quantitative estimate of drug-likeness (QED) is 0.778. The van der Waals surface area contributed by atoms with E-state index >= 15 is 0 Å². The van der Waals surface area contributed by atoms with Crippen LogP contribution in [-0.4, -0.2) is 47.8 Å². The molecule has 0 aromatic carbocycles. The molecular formula is C14H25NO3. The zero-order valence-corrected chi connectivity index (χ0v) is 11.5. The number of nitrogens with zero attached hydrogens (tertiary/aromatic N) is 1. The first-order valence-electron chi connectivity index (χ1n) is 7.19. The minimum Gasteiger partial charge on any atom is -0.468 e. The van der Waals surface area contributed by atoms with Gasteiger partial charge < -0.3 is 9.84 Å². The van der Waals surface area contributed by atoms with Gasteiger partial charge in [-0.1, -0.05) is 26.2 Å². The molecule has 1 heterocycles. The molecule has 0 spiro atoms. The molecule has 1 aliphatic heterocycles. The molecular weight excluding hydrogens is 230 g/mol. The Kier molecular flexibility index (Phi) is 4.62. The average Bonchev–Trinajstić information content (AvgIpc) is 2.79. The van der Waals surface area contributed by atoms with Crippen molar-refractivity contribution >= 4 is 5.97 Å². The predicted molar refractivity (Wildman–Crippen MR) is 69.2 cm³/mol. The van der Waals surface area contributed by atoms with Crippen LogP contribution in [0.2, 0.25) is 0 Å². The number of hydrogen-bond acceptors (Lipinski definition) is 4. The Hall–Kier alpha value is -0.610. The predicted octanol–water partition coefficient (Wildman–Crippen LogP) is 1.56. The lowest BCUT2D eigenvalue weighted by Crippen LogP contribution is -2.48. The van der Waals surface area contributed by atoms with Crippen molar-refractivity contribution < 1.29 is 14.6 Å². The Morgan fingerprint density at radius 1 is 1.39 bits per heavy atom.